The Kier molecular flexibility index (Phi) is 6.49. The molecule has 0 aliphatic heterocycles. The highest BCUT2D eigenvalue weighted by Crippen LogP contribution is 2.36. The Labute approximate surface area is 155 Å². The third kappa shape index (κ3) is 5.47. The molecule has 0 bridgehead atoms. The van der Waals surface area contributed by atoms with Crippen LogP contribution >= 0.6 is 0 Å². The summed E-state index contributed by atoms with van der Waals surface area (Å²) in [7, 11) is 0. The molecule has 27 heavy (non-hydrogen) atoms. The van der Waals surface area contributed by atoms with Crippen LogP contribution in [0.25, 0.3) is 0 Å². The lowest BCUT2D eigenvalue weighted by atomic mass is 10.0. The van der Waals surface area contributed by atoms with Crippen molar-refractivity contribution in [3.8, 4) is 11.5 Å². The molecule has 0 aromatic heterocycles. The minimum absolute atomic E-state index is 0.0122. The molecule has 0 radical (unpaired) electrons. The second-order valence-electron chi connectivity index (χ2n) is 6.21. The first kappa shape index (κ1) is 20.8. The number of benzene rings is 2. The van der Waals surface area contributed by atoms with E-state index in [4.69, 9.17) is 9.84 Å². The van der Waals surface area contributed by atoms with Gasteiger partial charge >= 0.3 is 12.1 Å². The Hall–Kier alpha value is -2.54. The third-order valence-electron chi connectivity index (χ3n) is 4.18. The summed E-state index contributed by atoms with van der Waals surface area (Å²) >= 11 is 0. The average molecular weight is 382 g/mol. The molecular weight excluding hydrogens is 361 g/mol. The van der Waals surface area contributed by atoms with Crippen molar-refractivity contribution in [2.45, 2.75) is 45.4 Å². The number of carboxylic acids is 1. The number of ether oxygens (including phenoxy) is 1. The molecule has 1 atom stereocenters. The molecule has 0 heterocycles. The lowest BCUT2D eigenvalue weighted by Crippen LogP contribution is -2.07. The standard InChI is InChI=1S/C20H21F3O4/c1-3-13-10-16(7-4-14(13)5-9-19(25)26)27-18-8-6-15(20(21,22)23)11-17(18)12(2)24/h4,6-8,10-12,24H,3,5,9H2,1-2H3,(H,25,26). The number of aliphatic hydroxyl groups excluding tert-OH is 1. The van der Waals surface area contributed by atoms with Crippen LogP contribution in [0, 0.1) is 0 Å². The van der Waals surface area contributed by atoms with E-state index in [1.54, 1.807) is 18.2 Å². The monoisotopic (exact) mass is 382 g/mol. The molecule has 0 spiro atoms. The number of halogens is 3. The summed E-state index contributed by atoms with van der Waals surface area (Å²) in [5.41, 5.74) is 0.969. The van der Waals surface area contributed by atoms with Crippen molar-refractivity contribution in [1.29, 1.82) is 0 Å². The van der Waals surface area contributed by atoms with E-state index < -0.39 is 23.8 Å². The third-order valence-corrected chi connectivity index (χ3v) is 4.18. The zero-order valence-electron chi connectivity index (χ0n) is 15.0. The van der Waals surface area contributed by atoms with Crippen molar-refractivity contribution in [3.05, 3.63) is 58.7 Å². The van der Waals surface area contributed by atoms with Gasteiger partial charge in [0, 0.05) is 12.0 Å². The van der Waals surface area contributed by atoms with Crippen LogP contribution in [-0.2, 0) is 23.8 Å². The Morgan fingerprint density at radius 3 is 2.41 bits per heavy atom. The minimum atomic E-state index is -4.51. The SMILES string of the molecule is CCc1cc(Oc2ccc(C(F)(F)F)cc2C(C)O)ccc1CCC(=O)O. The van der Waals surface area contributed by atoms with Gasteiger partial charge in [-0.2, -0.15) is 13.2 Å². The summed E-state index contributed by atoms with van der Waals surface area (Å²) in [5.74, 6) is -0.338. The van der Waals surface area contributed by atoms with Crippen LogP contribution in [0.2, 0.25) is 0 Å². The van der Waals surface area contributed by atoms with E-state index in [1.165, 1.54) is 13.0 Å². The summed E-state index contributed by atoms with van der Waals surface area (Å²) in [6, 6.07) is 8.10. The maximum atomic E-state index is 12.9. The molecule has 0 aliphatic carbocycles. The molecular formula is C20H21F3O4. The van der Waals surface area contributed by atoms with E-state index in [0.29, 0.717) is 18.6 Å². The molecule has 0 aliphatic rings. The van der Waals surface area contributed by atoms with Gasteiger partial charge in [-0.25, -0.2) is 0 Å². The Morgan fingerprint density at radius 1 is 1.15 bits per heavy atom. The van der Waals surface area contributed by atoms with Gasteiger partial charge in [-0.1, -0.05) is 13.0 Å². The highest BCUT2D eigenvalue weighted by Gasteiger charge is 2.31. The van der Waals surface area contributed by atoms with Crippen molar-refractivity contribution in [2.24, 2.45) is 0 Å². The minimum Gasteiger partial charge on any atom is -0.481 e. The van der Waals surface area contributed by atoms with Gasteiger partial charge in [0.1, 0.15) is 11.5 Å². The molecule has 0 fully saturated rings. The number of hydrogen-bond donors (Lipinski definition) is 2. The zero-order chi connectivity index (χ0) is 20.2. The molecule has 2 N–H and O–H groups in total. The van der Waals surface area contributed by atoms with Gasteiger partial charge in [0.15, 0.2) is 0 Å². The fourth-order valence-electron chi connectivity index (χ4n) is 2.75. The highest BCUT2D eigenvalue weighted by atomic mass is 19.4. The van der Waals surface area contributed by atoms with Gasteiger partial charge < -0.3 is 14.9 Å². The number of aryl methyl sites for hydroxylation is 2. The largest absolute Gasteiger partial charge is 0.481 e. The Bertz CT molecular complexity index is 813. The first-order valence-corrected chi connectivity index (χ1v) is 8.52. The predicted molar refractivity (Wildman–Crippen MR) is 93.9 cm³/mol. The quantitative estimate of drug-likeness (QED) is 0.697. The Morgan fingerprint density at radius 2 is 1.85 bits per heavy atom. The molecule has 146 valence electrons. The molecule has 0 saturated heterocycles. The van der Waals surface area contributed by atoms with E-state index in [1.807, 2.05) is 6.92 Å². The van der Waals surface area contributed by atoms with Crippen LogP contribution in [0.3, 0.4) is 0 Å². The van der Waals surface area contributed by atoms with Gasteiger partial charge in [0.2, 0.25) is 0 Å². The molecule has 4 nitrogen and oxygen atoms in total. The molecule has 7 heteroatoms. The molecule has 2 aromatic rings. The number of alkyl halides is 3. The van der Waals surface area contributed by atoms with E-state index in [9.17, 15) is 23.1 Å². The van der Waals surface area contributed by atoms with E-state index in [0.717, 1.165) is 23.3 Å². The van der Waals surface area contributed by atoms with E-state index >= 15 is 0 Å². The summed E-state index contributed by atoms with van der Waals surface area (Å²) in [6.07, 6.45) is -4.59. The van der Waals surface area contributed by atoms with Crippen molar-refractivity contribution >= 4 is 5.97 Å². The summed E-state index contributed by atoms with van der Waals surface area (Å²) in [5, 5.41) is 18.7. The van der Waals surface area contributed by atoms with Crippen LogP contribution in [-0.4, -0.2) is 16.2 Å². The van der Waals surface area contributed by atoms with Crippen molar-refractivity contribution in [2.75, 3.05) is 0 Å². The smallest absolute Gasteiger partial charge is 0.416 e. The maximum absolute atomic E-state index is 12.9. The number of aliphatic carboxylic acids is 1. The number of hydrogen-bond acceptors (Lipinski definition) is 3. The molecule has 2 rings (SSSR count). The maximum Gasteiger partial charge on any atom is 0.416 e. The molecule has 1 unspecified atom stereocenters. The van der Waals surface area contributed by atoms with Crippen LogP contribution in [0.15, 0.2) is 36.4 Å². The average Bonchev–Trinajstić information content (AvgIpc) is 2.59. The molecule has 2 aromatic carbocycles. The van der Waals surface area contributed by atoms with Gasteiger partial charge in [-0.15, -0.1) is 0 Å². The van der Waals surface area contributed by atoms with Gasteiger partial charge in [0.05, 0.1) is 11.7 Å². The number of rotatable bonds is 7. The van der Waals surface area contributed by atoms with Crippen molar-refractivity contribution in [1.82, 2.24) is 0 Å². The van der Waals surface area contributed by atoms with Gasteiger partial charge in [-0.05, 0) is 61.2 Å². The predicted octanol–water partition coefficient (Wildman–Crippen LogP) is 5.13. The van der Waals surface area contributed by atoms with E-state index in [-0.39, 0.29) is 17.7 Å². The Balaban J connectivity index is 2.32. The summed E-state index contributed by atoms with van der Waals surface area (Å²) in [4.78, 5) is 10.8. The first-order valence-electron chi connectivity index (χ1n) is 8.52. The second kappa shape index (κ2) is 8.43. The van der Waals surface area contributed by atoms with Crippen LogP contribution in [0.1, 0.15) is 48.6 Å². The lowest BCUT2D eigenvalue weighted by Gasteiger charge is -2.17. The van der Waals surface area contributed by atoms with Crippen molar-refractivity contribution < 1.29 is 32.9 Å². The topological polar surface area (TPSA) is 66.8 Å². The zero-order valence-corrected chi connectivity index (χ0v) is 15.0. The van der Waals surface area contributed by atoms with Crippen LogP contribution < -0.4 is 4.74 Å². The number of carbonyl (C=O) groups is 1. The number of carboxylic acid groups (broad SMARTS) is 1. The fraction of sp³-hybridized carbons (Fsp3) is 0.350. The molecule has 0 amide bonds. The van der Waals surface area contributed by atoms with Crippen LogP contribution in [0.4, 0.5) is 13.2 Å². The van der Waals surface area contributed by atoms with Crippen molar-refractivity contribution in [3.63, 3.8) is 0 Å². The van der Waals surface area contributed by atoms with E-state index in [2.05, 4.69) is 0 Å². The lowest BCUT2D eigenvalue weighted by molar-refractivity contribution is -0.138. The normalized spacial score (nSPS) is 12.7. The first-order chi connectivity index (χ1) is 12.6. The second-order valence-corrected chi connectivity index (χ2v) is 6.21. The highest BCUT2D eigenvalue weighted by molar-refractivity contribution is 5.67. The van der Waals surface area contributed by atoms with Crippen LogP contribution in [0.5, 0.6) is 11.5 Å². The summed E-state index contributed by atoms with van der Waals surface area (Å²) < 4.78 is 44.4. The van der Waals surface area contributed by atoms with Gasteiger partial charge in [-0.3, -0.25) is 4.79 Å². The molecule has 0 saturated carbocycles. The summed E-state index contributed by atoms with van der Waals surface area (Å²) in [6.45, 7) is 3.29. The fourth-order valence-corrected chi connectivity index (χ4v) is 2.75. The number of aliphatic hydroxyl groups is 1. The van der Waals surface area contributed by atoms with Gasteiger partial charge in [0.25, 0.3) is 0 Å².